The van der Waals surface area contributed by atoms with Gasteiger partial charge in [-0.05, 0) is 47.7 Å². The van der Waals surface area contributed by atoms with Gasteiger partial charge in [-0.3, -0.25) is 9.69 Å². The first-order chi connectivity index (χ1) is 13.7. The molecule has 0 aliphatic carbocycles. The maximum Gasteiger partial charge on any atom is 0.292 e. The molecule has 12 heteroatoms. The number of hydrazone groups is 1. The molecule has 0 atom stereocenters. The number of thiophene rings is 1. The van der Waals surface area contributed by atoms with Crippen LogP contribution in [0, 0.1) is 0 Å². The second-order valence-corrected chi connectivity index (χ2v) is 7.30. The minimum atomic E-state index is -0.466. The molecule has 3 N–H and O–H groups in total. The molecule has 1 fully saturated rings. The van der Waals surface area contributed by atoms with Crippen molar-refractivity contribution in [1.82, 2.24) is 35.6 Å². The number of nitrogens with zero attached hydrogens (tertiary/aromatic N) is 7. The molecule has 0 radical (unpaired) electrons. The SMILES string of the molecule is Nc1nonc1-n1nnc(CN2CCCCC2)c1C(=O)N/N=C/c1cccs1. The normalized spacial score (nSPS) is 15.3. The first kappa shape index (κ1) is 18.3. The van der Waals surface area contributed by atoms with Crippen LogP contribution in [0.2, 0.25) is 0 Å². The Hall–Kier alpha value is -3.12. The van der Waals surface area contributed by atoms with Crippen molar-refractivity contribution in [2.45, 2.75) is 25.8 Å². The van der Waals surface area contributed by atoms with Crippen LogP contribution in [0.5, 0.6) is 0 Å². The molecule has 0 bridgehead atoms. The number of likely N-dealkylation sites (tertiary alicyclic amines) is 1. The predicted molar refractivity (Wildman–Crippen MR) is 102 cm³/mol. The maximum absolute atomic E-state index is 12.9. The van der Waals surface area contributed by atoms with Crippen molar-refractivity contribution < 1.29 is 9.42 Å². The van der Waals surface area contributed by atoms with Gasteiger partial charge >= 0.3 is 0 Å². The van der Waals surface area contributed by atoms with Crippen LogP contribution in [0.15, 0.2) is 27.2 Å². The number of carbonyl (C=O) groups excluding carboxylic acids is 1. The van der Waals surface area contributed by atoms with Crippen LogP contribution in [0.4, 0.5) is 5.82 Å². The fraction of sp³-hybridized carbons (Fsp3) is 0.375. The third-order valence-corrected chi connectivity index (χ3v) is 5.18. The Kier molecular flexibility index (Phi) is 5.39. The van der Waals surface area contributed by atoms with E-state index in [4.69, 9.17) is 5.73 Å². The fourth-order valence-electron chi connectivity index (χ4n) is 3.03. The highest BCUT2D eigenvalue weighted by atomic mass is 32.1. The highest BCUT2D eigenvalue weighted by molar-refractivity contribution is 7.11. The molecule has 0 aromatic carbocycles. The van der Waals surface area contributed by atoms with Crippen molar-refractivity contribution in [2.75, 3.05) is 18.8 Å². The van der Waals surface area contributed by atoms with Gasteiger partial charge in [0.2, 0.25) is 11.6 Å². The third-order valence-electron chi connectivity index (χ3n) is 4.37. The molecule has 146 valence electrons. The summed E-state index contributed by atoms with van der Waals surface area (Å²) in [5, 5.41) is 21.5. The zero-order valence-corrected chi connectivity index (χ0v) is 15.8. The van der Waals surface area contributed by atoms with Gasteiger partial charge in [0.25, 0.3) is 5.91 Å². The summed E-state index contributed by atoms with van der Waals surface area (Å²) in [6.07, 6.45) is 5.05. The third kappa shape index (κ3) is 3.92. The summed E-state index contributed by atoms with van der Waals surface area (Å²) in [4.78, 5) is 16.0. The van der Waals surface area contributed by atoms with Gasteiger partial charge in [0.05, 0.1) is 6.21 Å². The molecule has 0 saturated carbocycles. The van der Waals surface area contributed by atoms with Crippen molar-refractivity contribution in [3.63, 3.8) is 0 Å². The molecule has 3 aromatic rings. The zero-order valence-electron chi connectivity index (χ0n) is 15.0. The van der Waals surface area contributed by atoms with Crippen LogP contribution in [0.3, 0.4) is 0 Å². The number of hydrogen-bond donors (Lipinski definition) is 2. The average Bonchev–Trinajstić information content (AvgIpc) is 3.44. The molecule has 1 aliphatic rings. The number of hydrogen-bond acceptors (Lipinski definition) is 10. The highest BCUT2D eigenvalue weighted by Crippen LogP contribution is 2.19. The highest BCUT2D eigenvalue weighted by Gasteiger charge is 2.26. The largest absolute Gasteiger partial charge is 0.378 e. The van der Waals surface area contributed by atoms with Crippen molar-refractivity contribution >= 4 is 29.3 Å². The van der Waals surface area contributed by atoms with Gasteiger partial charge in [-0.15, -0.1) is 16.4 Å². The number of anilines is 1. The van der Waals surface area contributed by atoms with E-state index in [1.54, 1.807) is 6.21 Å². The van der Waals surface area contributed by atoms with E-state index < -0.39 is 5.91 Å². The quantitative estimate of drug-likeness (QED) is 0.461. The van der Waals surface area contributed by atoms with Crippen LogP contribution in [0.1, 0.15) is 40.3 Å². The molecule has 1 saturated heterocycles. The van der Waals surface area contributed by atoms with Crippen LogP contribution in [-0.2, 0) is 6.54 Å². The van der Waals surface area contributed by atoms with Crippen LogP contribution in [-0.4, -0.2) is 55.4 Å². The summed E-state index contributed by atoms with van der Waals surface area (Å²) >= 11 is 1.52. The van der Waals surface area contributed by atoms with Crippen molar-refractivity contribution in [3.8, 4) is 5.82 Å². The van der Waals surface area contributed by atoms with Gasteiger partial charge in [-0.25, -0.2) is 10.1 Å². The van der Waals surface area contributed by atoms with E-state index in [1.165, 1.54) is 22.4 Å². The molecule has 0 unspecified atom stereocenters. The summed E-state index contributed by atoms with van der Waals surface area (Å²) < 4.78 is 5.88. The summed E-state index contributed by atoms with van der Waals surface area (Å²) in [6, 6.07) is 3.81. The lowest BCUT2D eigenvalue weighted by molar-refractivity contribution is 0.0944. The minimum absolute atomic E-state index is 0.0190. The Balaban J connectivity index is 1.60. The Morgan fingerprint density at radius 3 is 2.93 bits per heavy atom. The van der Waals surface area contributed by atoms with Crippen molar-refractivity contribution in [2.24, 2.45) is 5.10 Å². The molecule has 1 amide bonds. The van der Waals surface area contributed by atoms with E-state index in [0.717, 1.165) is 30.8 Å². The second-order valence-electron chi connectivity index (χ2n) is 6.32. The van der Waals surface area contributed by atoms with E-state index in [9.17, 15) is 4.79 Å². The average molecular weight is 401 g/mol. The van der Waals surface area contributed by atoms with Gasteiger partial charge in [0, 0.05) is 11.4 Å². The zero-order chi connectivity index (χ0) is 19.3. The minimum Gasteiger partial charge on any atom is -0.378 e. The molecule has 11 nitrogen and oxygen atoms in total. The molecule has 1 aliphatic heterocycles. The fourth-order valence-corrected chi connectivity index (χ4v) is 3.62. The first-order valence-corrected chi connectivity index (χ1v) is 9.72. The van der Waals surface area contributed by atoms with Crippen LogP contribution in [0.25, 0.3) is 5.82 Å². The summed E-state index contributed by atoms with van der Waals surface area (Å²) in [5.41, 5.74) is 9.02. The number of carbonyl (C=O) groups is 1. The van der Waals surface area contributed by atoms with E-state index >= 15 is 0 Å². The smallest absolute Gasteiger partial charge is 0.292 e. The molecule has 4 heterocycles. The van der Waals surface area contributed by atoms with E-state index in [0.29, 0.717) is 12.2 Å². The van der Waals surface area contributed by atoms with Crippen LogP contribution < -0.4 is 11.2 Å². The summed E-state index contributed by atoms with van der Waals surface area (Å²) in [7, 11) is 0. The number of nitrogen functional groups attached to an aromatic ring is 1. The van der Waals surface area contributed by atoms with Crippen molar-refractivity contribution in [1.29, 1.82) is 0 Å². The van der Waals surface area contributed by atoms with Crippen molar-refractivity contribution in [3.05, 3.63) is 33.8 Å². The molecule has 4 rings (SSSR count). The number of amides is 1. The van der Waals surface area contributed by atoms with Gasteiger partial charge in [0.15, 0.2) is 5.69 Å². The number of rotatable bonds is 6. The number of nitrogens with one attached hydrogen (secondary N) is 1. The standard InChI is InChI=1S/C16H19N9O2S/c17-14-15(22-27-21-14)25-13(16(26)20-18-9-11-5-4-8-28-11)12(19-23-25)10-24-6-2-1-3-7-24/h4-5,8-9H,1-3,6-7,10H2,(H2,17,21)(H,20,26)/b18-9+. The second kappa shape index (κ2) is 8.27. The lowest BCUT2D eigenvalue weighted by Gasteiger charge is -2.25. The molecule has 0 spiro atoms. The summed E-state index contributed by atoms with van der Waals surface area (Å²) in [6.45, 7) is 2.42. The van der Waals surface area contributed by atoms with Gasteiger partial charge in [0.1, 0.15) is 5.69 Å². The molecular formula is C16H19N9O2S. The number of aromatic nitrogens is 5. The van der Waals surface area contributed by atoms with Gasteiger partial charge < -0.3 is 5.73 Å². The molecular weight excluding hydrogens is 382 g/mol. The van der Waals surface area contributed by atoms with Gasteiger partial charge in [-0.2, -0.15) is 9.78 Å². The van der Waals surface area contributed by atoms with Gasteiger partial charge in [-0.1, -0.05) is 17.7 Å². The lowest BCUT2D eigenvalue weighted by atomic mass is 10.1. The Labute approximate surface area is 164 Å². The number of nitrogens with two attached hydrogens (primary N) is 1. The topological polar surface area (TPSA) is 140 Å². The molecule has 3 aromatic heterocycles. The predicted octanol–water partition coefficient (Wildman–Crippen LogP) is 1.04. The monoisotopic (exact) mass is 401 g/mol. The van der Waals surface area contributed by atoms with E-state index in [2.05, 4.69) is 40.7 Å². The number of piperidine rings is 1. The van der Waals surface area contributed by atoms with Crippen LogP contribution >= 0.6 is 11.3 Å². The van der Waals surface area contributed by atoms with E-state index in [-0.39, 0.29) is 17.3 Å². The maximum atomic E-state index is 12.9. The lowest BCUT2D eigenvalue weighted by Crippen LogP contribution is -2.31. The Morgan fingerprint density at radius 1 is 1.36 bits per heavy atom. The summed E-state index contributed by atoms with van der Waals surface area (Å²) in [5.74, 6) is -0.331. The first-order valence-electron chi connectivity index (χ1n) is 8.84. The van der Waals surface area contributed by atoms with E-state index in [1.807, 2.05) is 17.5 Å². The Morgan fingerprint density at radius 2 is 2.21 bits per heavy atom. The Bertz CT molecular complexity index is 957. The molecule has 28 heavy (non-hydrogen) atoms.